The third-order valence-electron chi connectivity index (χ3n) is 5.91. The second-order valence-corrected chi connectivity index (χ2v) is 8.58. The first-order valence-electron chi connectivity index (χ1n) is 11.9. The van der Waals surface area contributed by atoms with Crippen LogP contribution in [0.2, 0.25) is 0 Å². The van der Waals surface area contributed by atoms with Crippen molar-refractivity contribution in [2.75, 3.05) is 19.0 Å². The molecule has 0 atom stereocenters. The maximum absolute atomic E-state index is 12.9. The average Bonchev–Trinajstić information content (AvgIpc) is 2.97. The molecule has 2 amide bonds. The van der Waals surface area contributed by atoms with Crippen molar-refractivity contribution < 1.29 is 24.3 Å². The van der Waals surface area contributed by atoms with Gasteiger partial charge in [-0.3, -0.25) is 14.8 Å². The van der Waals surface area contributed by atoms with Gasteiger partial charge in [0, 0.05) is 16.8 Å². The van der Waals surface area contributed by atoms with Crippen molar-refractivity contribution in [3.8, 4) is 16.9 Å². The molecule has 0 aliphatic carbocycles. The van der Waals surface area contributed by atoms with Crippen molar-refractivity contribution in [1.29, 1.82) is 0 Å². The van der Waals surface area contributed by atoms with Gasteiger partial charge in [0.05, 0.1) is 20.3 Å². The maximum atomic E-state index is 12.9. The minimum Gasteiger partial charge on any atom is -0.497 e. The van der Waals surface area contributed by atoms with E-state index < -0.39 is 5.91 Å². The summed E-state index contributed by atoms with van der Waals surface area (Å²) < 4.78 is 11.1. The summed E-state index contributed by atoms with van der Waals surface area (Å²) in [5, 5.41) is 11.8. The second kappa shape index (κ2) is 12.5. The third-order valence-corrected chi connectivity index (χ3v) is 5.91. The smallest absolute Gasteiger partial charge is 0.274 e. The number of hydroxylamine groups is 1. The molecular formula is C31H28N2O5. The first kappa shape index (κ1) is 26.3. The molecule has 0 bridgehead atoms. The summed E-state index contributed by atoms with van der Waals surface area (Å²) in [6.07, 6.45) is 0. The van der Waals surface area contributed by atoms with E-state index in [2.05, 4.69) is 11.9 Å². The highest BCUT2D eigenvalue weighted by Gasteiger charge is 2.11. The van der Waals surface area contributed by atoms with E-state index >= 15 is 0 Å². The lowest BCUT2D eigenvalue weighted by Gasteiger charge is -2.13. The molecule has 0 heterocycles. The van der Waals surface area contributed by atoms with Gasteiger partial charge in [-0.2, -0.15) is 0 Å². The van der Waals surface area contributed by atoms with E-state index in [0.29, 0.717) is 35.8 Å². The molecule has 38 heavy (non-hydrogen) atoms. The van der Waals surface area contributed by atoms with Crippen molar-refractivity contribution in [1.82, 2.24) is 5.48 Å². The molecule has 0 fully saturated rings. The Labute approximate surface area is 221 Å². The predicted molar refractivity (Wildman–Crippen MR) is 147 cm³/mol. The van der Waals surface area contributed by atoms with Crippen LogP contribution in [0.1, 0.15) is 31.8 Å². The zero-order valence-electron chi connectivity index (χ0n) is 20.9. The van der Waals surface area contributed by atoms with Crippen molar-refractivity contribution in [2.45, 2.75) is 6.61 Å². The molecule has 0 aromatic heterocycles. The van der Waals surface area contributed by atoms with Crippen molar-refractivity contribution in [2.24, 2.45) is 0 Å². The van der Waals surface area contributed by atoms with Crippen molar-refractivity contribution in [3.63, 3.8) is 0 Å². The summed E-state index contributed by atoms with van der Waals surface area (Å²) in [6, 6.07) is 29.2. The predicted octanol–water partition coefficient (Wildman–Crippen LogP) is 5.96. The zero-order chi connectivity index (χ0) is 26.9. The number of ether oxygens (including phenoxy) is 2. The van der Waals surface area contributed by atoms with Crippen LogP contribution < -0.4 is 15.5 Å². The highest BCUT2D eigenvalue weighted by atomic mass is 16.5. The van der Waals surface area contributed by atoms with Crippen LogP contribution in [-0.2, 0) is 11.3 Å². The number of methoxy groups -OCH3 is 1. The molecule has 192 valence electrons. The fourth-order valence-electron chi connectivity index (χ4n) is 3.89. The van der Waals surface area contributed by atoms with Gasteiger partial charge in [-0.25, -0.2) is 5.48 Å². The molecule has 7 nitrogen and oxygen atoms in total. The number of nitrogens with one attached hydrogen (secondary N) is 2. The fourth-order valence-corrected chi connectivity index (χ4v) is 3.89. The number of amides is 2. The molecule has 0 unspecified atom stereocenters. The number of hydrogen-bond acceptors (Lipinski definition) is 5. The van der Waals surface area contributed by atoms with E-state index in [1.54, 1.807) is 61.1 Å². The molecule has 0 aliphatic heterocycles. The number of rotatable bonds is 10. The van der Waals surface area contributed by atoms with Crippen LogP contribution in [0.3, 0.4) is 0 Å². The van der Waals surface area contributed by atoms with Gasteiger partial charge in [-0.05, 0) is 82.4 Å². The Hall–Kier alpha value is -4.72. The van der Waals surface area contributed by atoms with Gasteiger partial charge in [0.1, 0.15) is 5.75 Å². The number of anilines is 1. The maximum Gasteiger partial charge on any atom is 0.274 e. The summed E-state index contributed by atoms with van der Waals surface area (Å²) in [5.74, 6) is -0.188. The fraction of sp³-hybridized carbons (Fsp3) is 0.0968. The summed E-state index contributed by atoms with van der Waals surface area (Å²) in [7, 11) is 1.57. The van der Waals surface area contributed by atoms with E-state index in [9.17, 15) is 9.59 Å². The molecule has 4 aromatic carbocycles. The summed E-state index contributed by atoms with van der Waals surface area (Å²) in [4.78, 5) is 24.6. The van der Waals surface area contributed by atoms with E-state index in [1.807, 2.05) is 48.5 Å². The van der Waals surface area contributed by atoms with Crippen molar-refractivity contribution >= 4 is 23.1 Å². The standard InChI is InChI=1S/C31H28N2O5/c1-21(23-6-4-3-5-7-23)19-38-20-22-16-27(24-8-10-26(11-9-24)31(35)33-36)18-28(17-22)32-30(34)25-12-14-29(37-2)15-13-25/h3-18,36H,1,19-20H2,2H3,(H,32,34)(H,33,35). The summed E-state index contributed by atoms with van der Waals surface area (Å²) >= 11 is 0. The van der Waals surface area contributed by atoms with Crippen molar-refractivity contribution in [3.05, 3.63) is 126 Å². The lowest BCUT2D eigenvalue weighted by Crippen LogP contribution is -2.18. The first-order chi connectivity index (χ1) is 18.5. The normalized spacial score (nSPS) is 10.5. The molecule has 0 spiro atoms. The molecule has 4 rings (SSSR count). The number of hydrogen-bond donors (Lipinski definition) is 3. The van der Waals surface area contributed by atoms with Gasteiger partial charge in [0.15, 0.2) is 0 Å². The highest BCUT2D eigenvalue weighted by molar-refractivity contribution is 6.04. The Bertz CT molecular complexity index is 1420. The van der Waals surface area contributed by atoms with E-state index in [0.717, 1.165) is 27.8 Å². The number of benzene rings is 4. The molecule has 0 saturated heterocycles. The van der Waals surface area contributed by atoms with Gasteiger partial charge in [0.2, 0.25) is 0 Å². The third kappa shape index (κ3) is 6.73. The minimum absolute atomic E-state index is 0.260. The number of carbonyl (C=O) groups excluding carboxylic acids is 2. The van der Waals surface area contributed by atoms with Crippen LogP contribution in [0.4, 0.5) is 5.69 Å². The second-order valence-electron chi connectivity index (χ2n) is 8.58. The Morgan fingerprint density at radius 3 is 2.11 bits per heavy atom. The summed E-state index contributed by atoms with van der Waals surface area (Å²) in [6.45, 7) is 4.77. The van der Waals surface area contributed by atoms with Gasteiger partial charge >= 0.3 is 0 Å². The van der Waals surface area contributed by atoms with Gasteiger partial charge < -0.3 is 14.8 Å². The van der Waals surface area contributed by atoms with E-state index in [-0.39, 0.29) is 5.91 Å². The molecule has 7 heteroatoms. The van der Waals surface area contributed by atoms with Gasteiger partial charge in [-0.15, -0.1) is 0 Å². The molecular weight excluding hydrogens is 480 g/mol. The Morgan fingerprint density at radius 1 is 0.789 bits per heavy atom. The first-order valence-corrected chi connectivity index (χ1v) is 11.9. The lowest BCUT2D eigenvalue weighted by atomic mass is 10.0. The average molecular weight is 509 g/mol. The Kier molecular flexibility index (Phi) is 8.66. The summed E-state index contributed by atoms with van der Waals surface area (Å²) in [5.41, 5.74) is 7.43. The van der Waals surface area contributed by atoms with E-state index in [1.165, 1.54) is 0 Å². The monoisotopic (exact) mass is 508 g/mol. The molecule has 0 saturated carbocycles. The molecule has 0 aliphatic rings. The minimum atomic E-state index is -0.593. The van der Waals surface area contributed by atoms with Gasteiger partial charge in [0.25, 0.3) is 11.8 Å². The quantitative estimate of drug-likeness (QED) is 0.181. The van der Waals surface area contributed by atoms with Crippen LogP contribution >= 0.6 is 0 Å². The number of carbonyl (C=O) groups is 2. The molecule has 0 radical (unpaired) electrons. The van der Waals surface area contributed by atoms with Crippen LogP contribution in [0.15, 0.2) is 104 Å². The van der Waals surface area contributed by atoms with E-state index in [4.69, 9.17) is 14.7 Å². The van der Waals surface area contributed by atoms with Crippen LogP contribution in [0.25, 0.3) is 16.7 Å². The van der Waals surface area contributed by atoms with Gasteiger partial charge in [-0.1, -0.05) is 49.0 Å². The highest BCUT2D eigenvalue weighted by Crippen LogP contribution is 2.27. The lowest BCUT2D eigenvalue weighted by molar-refractivity contribution is 0.0706. The van der Waals surface area contributed by atoms with Crippen LogP contribution in [-0.4, -0.2) is 30.7 Å². The largest absolute Gasteiger partial charge is 0.497 e. The zero-order valence-corrected chi connectivity index (χ0v) is 20.9. The van der Waals surface area contributed by atoms with Crippen LogP contribution in [0.5, 0.6) is 5.75 Å². The Morgan fingerprint density at radius 2 is 1.45 bits per heavy atom. The van der Waals surface area contributed by atoms with Crippen LogP contribution in [0, 0.1) is 0 Å². The SMILES string of the molecule is C=C(COCc1cc(NC(=O)c2ccc(OC)cc2)cc(-c2ccc(C(=O)NO)cc2)c1)c1ccccc1. The molecule has 3 N–H and O–H groups in total. The Balaban J connectivity index is 1.56. The molecule has 4 aromatic rings. The topological polar surface area (TPSA) is 96.9 Å².